The molecule has 29 heavy (non-hydrogen) atoms. The molecule has 0 atom stereocenters. The summed E-state index contributed by atoms with van der Waals surface area (Å²) in [4.78, 5) is 12.1. The maximum absolute atomic E-state index is 13.4. The van der Waals surface area contributed by atoms with Crippen LogP contribution >= 0.6 is 0 Å². The van der Waals surface area contributed by atoms with Crippen LogP contribution in [0.3, 0.4) is 0 Å². The van der Waals surface area contributed by atoms with Gasteiger partial charge < -0.3 is 18.9 Å². The van der Waals surface area contributed by atoms with Crippen molar-refractivity contribution in [3.8, 4) is 17.2 Å². The van der Waals surface area contributed by atoms with Crippen LogP contribution in [0.5, 0.6) is 17.2 Å². The van der Waals surface area contributed by atoms with Gasteiger partial charge in [0.1, 0.15) is 25.5 Å². The van der Waals surface area contributed by atoms with E-state index >= 15 is 0 Å². The summed E-state index contributed by atoms with van der Waals surface area (Å²) in [5, 5.41) is 0. The van der Waals surface area contributed by atoms with E-state index in [1.165, 1.54) is 12.1 Å². The number of benzene rings is 2. The number of carbonyl (C=O) groups is 1. The molecule has 0 N–H and O–H groups in total. The zero-order chi connectivity index (χ0) is 20.9. The van der Waals surface area contributed by atoms with Gasteiger partial charge in [-0.15, -0.1) is 0 Å². The Balaban J connectivity index is 2.02. The molecule has 0 bridgehead atoms. The van der Waals surface area contributed by atoms with E-state index in [0.29, 0.717) is 42.8 Å². The summed E-state index contributed by atoms with van der Waals surface area (Å²) in [6.07, 6.45) is 0. The number of fused-ring (bicyclic) bond motifs is 1. The Kier molecular flexibility index (Phi) is 6.48. The quantitative estimate of drug-likeness (QED) is 0.605. The molecule has 3 rings (SSSR count). The van der Waals surface area contributed by atoms with Crippen molar-refractivity contribution in [2.75, 3.05) is 37.3 Å². The lowest BCUT2D eigenvalue weighted by Crippen LogP contribution is -2.36. The molecular weight excluding hydrogens is 398 g/mol. The Morgan fingerprint density at radius 3 is 2.52 bits per heavy atom. The van der Waals surface area contributed by atoms with Crippen molar-refractivity contribution in [1.29, 1.82) is 0 Å². The van der Waals surface area contributed by atoms with E-state index in [1.54, 1.807) is 37.3 Å². The second-order valence-corrected chi connectivity index (χ2v) is 7.91. The molecule has 1 aliphatic rings. The molecule has 8 nitrogen and oxygen atoms in total. The van der Waals surface area contributed by atoms with Gasteiger partial charge in [0.15, 0.2) is 11.5 Å². The molecule has 156 valence electrons. The molecule has 0 spiro atoms. The molecule has 0 aliphatic carbocycles. The lowest BCUT2D eigenvalue weighted by atomic mass is 10.3. The highest BCUT2D eigenvalue weighted by atomic mass is 32.2. The van der Waals surface area contributed by atoms with Crippen molar-refractivity contribution >= 4 is 21.7 Å². The van der Waals surface area contributed by atoms with E-state index in [-0.39, 0.29) is 11.5 Å². The maximum atomic E-state index is 13.4. The van der Waals surface area contributed by atoms with Gasteiger partial charge in [0.25, 0.3) is 10.0 Å². The first-order valence-corrected chi connectivity index (χ1v) is 10.7. The lowest BCUT2D eigenvalue weighted by Gasteiger charge is -2.25. The smallest absolute Gasteiger partial charge is 0.326 e. The lowest BCUT2D eigenvalue weighted by molar-refractivity contribution is -0.141. The molecule has 0 amide bonds. The van der Waals surface area contributed by atoms with Crippen LogP contribution in [0.1, 0.15) is 13.8 Å². The molecule has 2 aromatic rings. The van der Waals surface area contributed by atoms with Gasteiger partial charge in [-0.1, -0.05) is 6.07 Å². The normalized spacial score (nSPS) is 12.9. The van der Waals surface area contributed by atoms with Crippen LogP contribution in [0.2, 0.25) is 0 Å². The predicted molar refractivity (Wildman–Crippen MR) is 106 cm³/mol. The summed E-state index contributed by atoms with van der Waals surface area (Å²) in [6.45, 7) is 4.33. The van der Waals surface area contributed by atoms with Crippen LogP contribution in [0.25, 0.3) is 0 Å². The van der Waals surface area contributed by atoms with Gasteiger partial charge in [-0.25, -0.2) is 8.42 Å². The summed E-state index contributed by atoms with van der Waals surface area (Å²) < 4.78 is 49.2. The van der Waals surface area contributed by atoms with E-state index in [4.69, 9.17) is 18.9 Å². The zero-order valence-electron chi connectivity index (χ0n) is 16.3. The fraction of sp³-hybridized carbons (Fsp3) is 0.350. The minimum atomic E-state index is -4.09. The van der Waals surface area contributed by atoms with Gasteiger partial charge in [0, 0.05) is 12.1 Å². The molecule has 2 aromatic carbocycles. The predicted octanol–water partition coefficient (Wildman–Crippen LogP) is 2.61. The fourth-order valence-electron chi connectivity index (χ4n) is 2.85. The number of carbonyl (C=O) groups excluding carboxylic acids is 1. The summed E-state index contributed by atoms with van der Waals surface area (Å²) in [5.74, 6) is 0.661. The van der Waals surface area contributed by atoms with Gasteiger partial charge in [-0.05, 0) is 38.1 Å². The minimum absolute atomic E-state index is 0.0205. The topological polar surface area (TPSA) is 91.4 Å². The van der Waals surface area contributed by atoms with Crippen LogP contribution < -0.4 is 18.5 Å². The van der Waals surface area contributed by atoms with Crippen LogP contribution in [-0.4, -0.2) is 47.4 Å². The Morgan fingerprint density at radius 2 is 1.79 bits per heavy atom. The molecule has 1 aliphatic heterocycles. The fourth-order valence-corrected chi connectivity index (χ4v) is 4.26. The Morgan fingerprint density at radius 1 is 1.03 bits per heavy atom. The van der Waals surface area contributed by atoms with Crippen molar-refractivity contribution in [1.82, 2.24) is 0 Å². The number of nitrogens with zero attached hydrogens (tertiary/aromatic N) is 1. The number of ether oxygens (including phenoxy) is 4. The second-order valence-electron chi connectivity index (χ2n) is 6.05. The average molecular weight is 421 g/mol. The third-order valence-electron chi connectivity index (χ3n) is 4.10. The van der Waals surface area contributed by atoms with Gasteiger partial charge in [0.2, 0.25) is 0 Å². The van der Waals surface area contributed by atoms with Crippen LogP contribution in [-0.2, 0) is 19.6 Å². The molecule has 0 fully saturated rings. The minimum Gasteiger partial charge on any atom is -0.494 e. The maximum Gasteiger partial charge on any atom is 0.326 e. The number of sulfonamides is 1. The van der Waals surface area contributed by atoms with Crippen molar-refractivity contribution in [3.63, 3.8) is 0 Å². The zero-order valence-corrected chi connectivity index (χ0v) is 17.1. The van der Waals surface area contributed by atoms with E-state index in [2.05, 4.69) is 0 Å². The first kappa shape index (κ1) is 20.8. The highest BCUT2D eigenvalue weighted by Gasteiger charge is 2.29. The summed E-state index contributed by atoms with van der Waals surface area (Å²) >= 11 is 0. The van der Waals surface area contributed by atoms with Crippen LogP contribution in [0.15, 0.2) is 47.4 Å². The van der Waals surface area contributed by atoms with Crippen molar-refractivity contribution < 1.29 is 32.2 Å². The molecule has 9 heteroatoms. The van der Waals surface area contributed by atoms with E-state index < -0.39 is 22.5 Å². The summed E-state index contributed by atoms with van der Waals surface area (Å²) in [7, 11) is -4.09. The van der Waals surface area contributed by atoms with Gasteiger partial charge in [-0.2, -0.15) is 0 Å². The van der Waals surface area contributed by atoms with E-state index in [0.717, 1.165) is 4.31 Å². The number of anilines is 1. The van der Waals surface area contributed by atoms with Crippen molar-refractivity contribution in [2.24, 2.45) is 0 Å². The summed E-state index contributed by atoms with van der Waals surface area (Å²) in [6, 6.07) is 10.9. The highest BCUT2D eigenvalue weighted by molar-refractivity contribution is 7.92. The molecule has 0 saturated carbocycles. The third-order valence-corrected chi connectivity index (χ3v) is 5.87. The molecule has 0 radical (unpaired) electrons. The van der Waals surface area contributed by atoms with E-state index in [9.17, 15) is 13.2 Å². The van der Waals surface area contributed by atoms with E-state index in [1.807, 2.05) is 6.92 Å². The molecule has 0 saturated heterocycles. The number of hydrogen-bond acceptors (Lipinski definition) is 7. The molecule has 0 unspecified atom stereocenters. The van der Waals surface area contributed by atoms with Gasteiger partial charge in [-0.3, -0.25) is 9.10 Å². The number of hydrogen-bond donors (Lipinski definition) is 0. The first-order valence-electron chi connectivity index (χ1n) is 9.26. The molecule has 0 aromatic heterocycles. The third kappa shape index (κ3) is 4.73. The average Bonchev–Trinajstić information content (AvgIpc) is 2.72. The standard InChI is InChI=1S/C20H23NO7S/c1-3-25-16-7-5-6-15(12-16)21(14-20(22)26-4-2)29(23,24)17-8-9-18-19(13-17)28-11-10-27-18/h5-9,12-13H,3-4,10-11,14H2,1-2H3. The monoisotopic (exact) mass is 421 g/mol. The second kappa shape index (κ2) is 9.04. The van der Waals surface area contributed by atoms with Crippen molar-refractivity contribution in [2.45, 2.75) is 18.7 Å². The number of esters is 1. The Bertz CT molecular complexity index is 975. The van der Waals surface area contributed by atoms with Gasteiger partial charge >= 0.3 is 5.97 Å². The first-order chi connectivity index (χ1) is 14.0. The Labute approximate surface area is 170 Å². The number of rotatable bonds is 8. The van der Waals surface area contributed by atoms with Gasteiger partial charge in [0.05, 0.1) is 23.8 Å². The summed E-state index contributed by atoms with van der Waals surface area (Å²) in [5.41, 5.74) is 0.291. The molecular formula is C20H23NO7S. The molecule has 1 heterocycles. The largest absolute Gasteiger partial charge is 0.494 e. The van der Waals surface area contributed by atoms with Crippen molar-refractivity contribution in [3.05, 3.63) is 42.5 Å². The SMILES string of the molecule is CCOC(=O)CN(c1cccc(OCC)c1)S(=O)(=O)c1ccc2c(c1)OCCO2. The van der Waals surface area contributed by atoms with Crippen LogP contribution in [0.4, 0.5) is 5.69 Å². The van der Waals surface area contributed by atoms with Crippen LogP contribution in [0, 0.1) is 0 Å². The Hall–Kier alpha value is -2.94. The highest BCUT2D eigenvalue weighted by Crippen LogP contribution is 2.34.